The highest BCUT2D eigenvalue weighted by atomic mass is 14.7. The Kier molecular flexibility index (Phi) is 2.58. The number of pyridine rings is 1. The van der Waals surface area contributed by atoms with Gasteiger partial charge in [0.1, 0.15) is 0 Å². The Morgan fingerprint density at radius 1 is 1.36 bits per heavy atom. The Morgan fingerprint density at radius 3 is 2.57 bits per heavy atom. The maximum atomic E-state index is 4.52. The summed E-state index contributed by atoms with van der Waals surface area (Å²) >= 11 is 0. The first kappa shape index (κ1) is 9.70. The smallest absolute Gasteiger partial charge is 0.0442 e. The standard InChI is InChI=1S/C13H19N/c1-9(2)13(11-4-5-11)12-8-10(3)6-7-14-12/h6-9,11,13H,4-5H2,1-3H3/t13-/m0/s1. The second kappa shape index (κ2) is 3.72. The van der Waals surface area contributed by atoms with Gasteiger partial charge in [-0.3, -0.25) is 4.98 Å². The topological polar surface area (TPSA) is 12.9 Å². The second-order valence-electron chi connectivity index (χ2n) is 4.87. The first-order valence-electron chi connectivity index (χ1n) is 5.61. The molecule has 14 heavy (non-hydrogen) atoms. The number of aryl methyl sites for hydroxylation is 1. The van der Waals surface area contributed by atoms with Crippen molar-refractivity contribution in [3.63, 3.8) is 0 Å². The van der Waals surface area contributed by atoms with Gasteiger partial charge in [0, 0.05) is 17.8 Å². The summed E-state index contributed by atoms with van der Waals surface area (Å²) < 4.78 is 0. The van der Waals surface area contributed by atoms with Crippen molar-refractivity contribution in [2.24, 2.45) is 11.8 Å². The van der Waals surface area contributed by atoms with Crippen LogP contribution in [0.1, 0.15) is 43.9 Å². The van der Waals surface area contributed by atoms with Crippen molar-refractivity contribution in [3.05, 3.63) is 29.6 Å². The van der Waals surface area contributed by atoms with Crippen molar-refractivity contribution in [2.45, 2.75) is 39.5 Å². The average molecular weight is 189 g/mol. The van der Waals surface area contributed by atoms with E-state index in [1.807, 2.05) is 6.20 Å². The second-order valence-corrected chi connectivity index (χ2v) is 4.87. The predicted molar refractivity (Wildman–Crippen MR) is 59.3 cm³/mol. The van der Waals surface area contributed by atoms with Gasteiger partial charge in [0.15, 0.2) is 0 Å². The van der Waals surface area contributed by atoms with Crippen LogP contribution in [0.15, 0.2) is 18.3 Å². The maximum absolute atomic E-state index is 4.52. The molecule has 0 aromatic carbocycles. The molecule has 1 heteroatoms. The highest BCUT2D eigenvalue weighted by Gasteiger charge is 2.34. The van der Waals surface area contributed by atoms with E-state index in [1.165, 1.54) is 24.1 Å². The van der Waals surface area contributed by atoms with Crippen molar-refractivity contribution < 1.29 is 0 Å². The predicted octanol–water partition coefficient (Wildman–Crippen LogP) is 3.54. The molecule has 1 aliphatic carbocycles. The van der Waals surface area contributed by atoms with Crippen molar-refractivity contribution in [2.75, 3.05) is 0 Å². The molecule has 0 spiro atoms. The molecule has 1 atom stereocenters. The van der Waals surface area contributed by atoms with Crippen LogP contribution in [0.5, 0.6) is 0 Å². The Morgan fingerprint density at radius 2 is 2.07 bits per heavy atom. The SMILES string of the molecule is Cc1ccnc([C@@H](C(C)C)C2CC2)c1. The molecule has 0 aliphatic heterocycles. The molecular formula is C13H19N. The molecule has 0 unspecified atom stereocenters. The van der Waals surface area contributed by atoms with Gasteiger partial charge >= 0.3 is 0 Å². The van der Waals surface area contributed by atoms with E-state index in [0.717, 1.165) is 11.8 Å². The van der Waals surface area contributed by atoms with Gasteiger partial charge in [0.2, 0.25) is 0 Å². The molecule has 1 fully saturated rings. The van der Waals surface area contributed by atoms with Gasteiger partial charge in [-0.05, 0) is 49.3 Å². The van der Waals surface area contributed by atoms with Crippen LogP contribution in [0.3, 0.4) is 0 Å². The Labute approximate surface area is 86.6 Å². The van der Waals surface area contributed by atoms with Crippen LogP contribution in [0, 0.1) is 18.8 Å². The van der Waals surface area contributed by atoms with E-state index in [-0.39, 0.29) is 0 Å². The molecule has 0 bridgehead atoms. The highest BCUT2D eigenvalue weighted by Crippen LogP contribution is 2.45. The molecule has 1 heterocycles. The number of hydrogen-bond acceptors (Lipinski definition) is 1. The van der Waals surface area contributed by atoms with Crippen molar-refractivity contribution in [3.8, 4) is 0 Å². The summed E-state index contributed by atoms with van der Waals surface area (Å²) in [7, 11) is 0. The molecule has 0 amide bonds. The average Bonchev–Trinajstić information content (AvgIpc) is 2.88. The van der Waals surface area contributed by atoms with Crippen molar-refractivity contribution >= 4 is 0 Å². The zero-order chi connectivity index (χ0) is 10.1. The molecule has 1 aromatic heterocycles. The van der Waals surface area contributed by atoms with E-state index in [0.29, 0.717) is 5.92 Å². The van der Waals surface area contributed by atoms with E-state index in [2.05, 4.69) is 37.9 Å². The maximum Gasteiger partial charge on any atom is 0.0442 e. The van der Waals surface area contributed by atoms with E-state index < -0.39 is 0 Å². The fraction of sp³-hybridized carbons (Fsp3) is 0.615. The normalized spacial score (nSPS) is 18.6. The van der Waals surface area contributed by atoms with E-state index in [1.54, 1.807) is 0 Å². The summed E-state index contributed by atoms with van der Waals surface area (Å²) in [6.45, 7) is 6.77. The third kappa shape index (κ3) is 1.97. The lowest BCUT2D eigenvalue weighted by Gasteiger charge is -2.20. The third-order valence-electron chi connectivity index (χ3n) is 3.13. The molecular weight excluding hydrogens is 170 g/mol. The minimum atomic E-state index is 0.690. The summed E-state index contributed by atoms with van der Waals surface area (Å²) in [4.78, 5) is 4.52. The van der Waals surface area contributed by atoms with Gasteiger partial charge in [0.25, 0.3) is 0 Å². The lowest BCUT2D eigenvalue weighted by atomic mass is 9.87. The number of aromatic nitrogens is 1. The molecule has 0 N–H and O–H groups in total. The molecule has 1 nitrogen and oxygen atoms in total. The van der Waals surface area contributed by atoms with Gasteiger partial charge in [-0.25, -0.2) is 0 Å². The summed E-state index contributed by atoms with van der Waals surface area (Å²) in [6, 6.07) is 4.33. The summed E-state index contributed by atoms with van der Waals surface area (Å²) in [5, 5.41) is 0. The van der Waals surface area contributed by atoms with Crippen molar-refractivity contribution in [1.82, 2.24) is 4.98 Å². The van der Waals surface area contributed by atoms with Gasteiger partial charge < -0.3 is 0 Å². The van der Waals surface area contributed by atoms with Gasteiger partial charge in [-0.2, -0.15) is 0 Å². The molecule has 2 rings (SSSR count). The number of hydrogen-bond donors (Lipinski definition) is 0. The third-order valence-corrected chi connectivity index (χ3v) is 3.13. The molecule has 1 aliphatic rings. The van der Waals surface area contributed by atoms with Crippen LogP contribution >= 0.6 is 0 Å². The zero-order valence-corrected chi connectivity index (χ0v) is 9.33. The molecule has 1 saturated carbocycles. The minimum Gasteiger partial charge on any atom is -0.261 e. The van der Waals surface area contributed by atoms with E-state index in [9.17, 15) is 0 Å². The summed E-state index contributed by atoms with van der Waals surface area (Å²) in [6.07, 6.45) is 4.75. The zero-order valence-electron chi connectivity index (χ0n) is 9.33. The number of nitrogens with zero attached hydrogens (tertiary/aromatic N) is 1. The van der Waals surface area contributed by atoms with E-state index >= 15 is 0 Å². The monoisotopic (exact) mass is 189 g/mol. The lowest BCUT2D eigenvalue weighted by molar-refractivity contribution is 0.440. The highest BCUT2D eigenvalue weighted by molar-refractivity contribution is 5.20. The van der Waals surface area contributed by atoms with Crippen molar-refractivity contribution in [1.29, 1.82) is 0 Å². The molecule has 0 radical (unpaired) electrons. The largest absolute Gasteiger partial charge is 0.261 e. The summed E-state index contributed by atoms with van der Waals surface area (Å²) in [5.41, 5.74) is 2.64. The summed E-state index contributed by atoms with van der Waals surface area (Å²) in [5.74, 6) is 2.32. The van der Waals surface area contributed by atoms with Crippen LogP contribution in [-0.2, 0) is 0 Å². The minimum absolute atomic E-state index is 0.690. The quantitative estimate of drug-likeness (QED) is 0.708. The lowest BCUT2D eigenvalue weighted by Crippen LogP contribution is -2.10. The Balaban J connectivity index is 2.25. The van der Waals surface area contributed by atoms with Crippen LogP contribution in [0.25, 0.3) is 0 Å². The van der Waals surface area contributed by atoms with Crippen LogP contribution in [-0.4, -0.2) is 4.98 Å². The number of rotatable bonds is 3. The fourth-order valence-electron chi connectivity index (χ4n) is 2.32. The van der Waals surface area contributed by atoms with Crippen LogP contribution in [0.2, 0.25) is 0 Å². The Hall–Kier alpha value is -0.850. The van der Waals surface area contributed by atoms with Gasteiger partial charge in [-0.15, -0.1) is 0 Å². The van der Waals surface area contributed by atoms with E-state index in [4.69, 9.17) is 0 Å². The fourth-order valence-corrected chi connectivity index (χ4v) is 2.32. The van der Waals surface area contributed by atoms with Crippen LogP contribution < -0.4 is 0 Å². The van der Waals surface area contributed by atoms with Crippen LogP contribution in [0.4, 0.5) is 0 Å². The molecule has 0 saturated heterocycles. The molecule has 1 aromatic rings. The van der Waals surface area contributed by atoms with Gasteiger partial charge in [-0.1, -0.05) is 13.8 Å². The first-order chi connectivity index (χ1) is 6.68. The van der Waals surface area contributed by atoms with Gasteiger partial charge in [0.05, 0.1) is 0 Å². The first-order valence-corrected chi connectivity index (χ1v) is 5.61. The Bertz CT molecular complexity index is 311. The molecule has 76 valence electrons.